The van der Waals surface area contributed by atoms with E-state index in [2.05, 4.69) is 27.7 Å². The van der Waals surface area contributed by atoms with Crippen molar-refractivity contribution in [1.29, 1.82) is 0 Å². The molecule has 0 aliphatic carbocycles. The molecule has 0 aromatic carbocycles. The van der Waals surface area contributed by atoms with E-state index in [9.17, 15) is 9.59 Å². The molecule has 0 bridgehead atoms. The second-order valence-corrected chi connectivity index (χ2v) is 8.75. The fourth-order valence-corrected chi connectivity index (χ4v) is 3.03. The molecule has 0 N–H and O–H groups in total. The lowest BCUT2D eigenvalue weighted by atomic mass is 10.0. The van der Waals surface area contributed by atoms with Gasteiger partial charge in [-0.25, -0.2) is 0 Å². The normalized spacial score (nSPS) is 11.2. The lowest BCUT2D eigenvalue weighted by Crippen LogP contribution is -2.14. The summed E-state index contributed by atoms with van der Waals surface area (Å²) in [6.45, 7) is 10.1. The number of esters is 2. The van der Waals surface area contributed by atoms with Crippen LogP contribution in [0, 0.1) is 11.8 Å². The standard InChI is InChI=1S/C24H46O5/c1-21(2)13-9-5-7-11-15-23(25)28-19-17-27-18-20-29-24(26)16-12-8-6-10-14-22(3)4/h21-22H,5-20H2,1-4H3. The van der Waals surface area contributed by atoms with E-state index in [0.717, 1.165) is 37.5 Å². The molecule has 0 heterocycles. The largest absolute Gasteiger partial charge is 0.463 e. The fourth-order valence-electron chi connectivity index (χ4n) is 3.03. The maximum absolute atomic E-state index is 11.6. The summed E-state index contributed by atoms with van der Waals surface area (Å²) in [6, 6.07) is 0. The molecular formula is C24H46O5. The van der Waals surface area contributed by atoms with Gasteiger partial charge < -0.3 is 14.2 Å². The Bertz CT molecular complexity index is 357. The minimum Gasteiger partial charge on any atom is -0.463 e. The second-order valence-electron chi connectivity index (χ2n) is 8.75. The predicted octanol–water partition coefficient (Wildman–Crippen LogP) is 6.08. The number of hydrogen-bond acceptors (Lipinski definition) is 5. The van der Waals surface area contributed by atoms with Gasteiger partial charge in [0.2, 0.25) is 0 Å². The van der Waals surface area contributed by atoms with Gasteiger partial charge in [-0.1, -0.05) is 79.1 Å². The quantitative estimate of drug-likeness (QED) is 0.178. The molecule has 0 aromatic rings. The van der Waals surface area contributed by atoms with Crippen molar-refractivity contribution in [3.05, 3.63) is 0 Å². The van der Waals surface area contributed by atoms with Crippen LogP contribution in [0.3, 0.4) is 0 Å². The summed E-state index contributed by atoms with van der Waals surface area (Å²) in [4.78, 5) is 23.2. The highest BCUT2D eigenvalue weighted by Crippen LogP contribution is 2.11. The first kappa shape index (κ1) is 27.9. The Kier molecular flexibility index (Phi) is 19.4. The first-order chi connectivity index (χ1) is 13.9. The fraction of sp³-hybridized carbons (Fsp3) is 0.917. The summed E-state index contributed by atoms with van der Waals surface area (Å²) in [5, 5.41) is 0. The molecule has 0 fully saturated rings. The van der Waals surface area contributed by atoms with Gasteiger partial charge >= 0.3 is 11.9 Å². The van der Waals surface area contributed by atoms with Gasteiger partial charge in [0.1, 0.15) is 13.2 Å². The number of hydrogen-bond donors (Lipinski definition) is 0. The minimum absolute atomic E-state index is 0.155. The van der Waals surface area contributed by atoms with Gasteiger partial charge in [-0.3, -0.25) is 9.59 Å². The maximum atomic E-state index is 11.6. The molecule has 0 saturated heterocycles. The number of carbonyl (C=O) groups is 2. The summed E-state index contributed by atoms with van der Waals surface area (Å²) in [7, 11) is 0. The van der Waals surface area contributed by atoms with Crippen LogP contribution < -0.4 is 0 Å². The van der Waals surface area contributed by atoms with E-state index in [-0.39, 0.29) is 25.2 Å². The van der Waals surface area contributed by atoms with E-state index in [1.54, 1.807) is 0 Å². The molecule has 5 nitrogen and oxygen atoms in total. The lowest BCUT2D eigenvalue weighted by Gasteiger charge is -2.08. The molecule has 0 aliphatic heterocycles. The first-order valence-electron chi connectivity index (χ1n) is 11.8. The van der Waals surface area contributed by atoms with Crippen LogP contribution in [0.25, 0.3) is 0 Å². The molecular weight excluding hydrogens is 368 g/mol. The minimum atomic E-state index is -0.155. The zero-order valence-electron chi connectivity index (χ0n) is 19.5. The Morgan fingerprint density at radius 2 is 0.931 bits per heavy atom. The van der Waals surface area contributed by atoms with Gasteiger partial charge in [0.05, 0.1) is 13.2 Å². The first-order valence-corrected chi connectivity index (χ1v) is 11.8. The van der Waals surface area contributed by atoms with Gasteiger partial charge in [0.25, 0.3) is 0 Å². The lowest BCUT2D eigenvalue weighted by molar-refractivity contribution is -0.146. The van der Waals surface area contributed by atoms with E-state index in [4.69, 9.17) is 14.2 Å². The third-order valence-electron chi connectivity index (χ3n) is 4.81. The van der Waals surface area contributed by atoms with Crippen molar-refractivity contribution in [2.45, 2.75) is 105 Å². The van der Waals surface area contributed by atoms with E-state index >= 15 is 0 Å². The summed E-state index contributed by atoms with van der Waals surface area (Å²) in [5.41, 5.74) is 0. The van der Waals surface area contributed by atoms with Crippen molar-refractivity contribution in [2.75, 3.05) is 26.4 Å². The topological polar surface area (TPSA) is 61.8 Å². The van der Waals surface area contributed by atoms with Crippen LogP contribution in [0.1, 0.15) is 105 Å². The highest BCUT2D eigenvalue weighted by Gasteiger charge is 2.04. The molecule has 0 radical (unpaired) electrons. The van der Waals surface area contributed by atoms with Crippen LogP contribution >= 0.6 is 0 Å². The van der Waals surface area contributed by atoms with Crippen LogP contribution in [0.5, 0.6) is 0 Å². The van der Waals surface area contributed by atoms with Gasteiger partial charge in [0.15, 0.2) is 0 Å². The molecule has 5 heteroatoms. The van der Waals surface area contributed by atoms with Crippen molar-refractivity contribution >= 4 is 11.9 Å². The summed E-state index contributed by atoms with van der Waals surface area (Å²) in [5.74, 6) is 1.20. The molecule has 29 heavy (non-hydrogen) atoms. The number of rotatable bonds is 20. The van der Waals surface area contributed by atoms with Gasteiger partial charge in [-0.2, -0.15) is 0 Å². The van der Waals surface area contributed by atoms with Crippen LogP contribution in [0.15, 0.2) is 0 Å². The third kappa shape index (κ3) is 23.0. The molecule has 0 saturated carbocycles. The average Bonchev–Trinajstić information content (AvgIpc) is 2.66. The van der Waals surface area contributed by atoms with Crippen LogP contribution in [0.4, 0.5) is 0 Å². The monoisotopic (exact) mass is 414 g/mol. The average molecular weight is 415 g/mol. The molecule has 0 rings (SSSR count). The van der Waals surface area contributed by atoms with Crippen LogP contribution in [0.2, 0.25) is 0 Å². The van der Waals surface area contributed by atoms with E-state index in [1.165, 1.54) is 38.5 Å². The van der Waals surface area contributed by atoms with Gasteiger partial charge in [-0.05, 0) is 24.7 Å². The van der Waals surface area contributed by atoms with Crippen molar-refractivity contribution in [2.24, 2.45) is 11.8 Å². The molecule has 172 valence electrons. The third-order valence-corrected chi connectivity index (χ3v) is 4.81. The van der Waals surface area contributed by atoms with E-state index in [0.29, 0.717) is 26.1 Å². The molecule has 0 aromatic heterocycles. The highest BCUT2D eigenvalue weighted by molar-refractivity contribution is 5.69. The Balaban J connectivity index is 3.31. The molecule has 0 spiro atoms. The Hall–Kier alpha value is -1.10. The van der Waals surface area contributed by atoms with Gasteiger partial charge in [0, 0.05) is 12.8 Å². The Labute approximate surface area is 179 Å². The molecule has 0 unspecified atom stereocenters. The molecule has 0 atom stereocenters. The number of ether oxygens (including phenoxy) is 3. The van der Waals surface area contributed by atoms with E-state index in [1.807, 2.05) is 0 Å². The Morgan fingerprint density at radius 1 is 0.552 bits per heavy atom. The summed E-state index contributed by atoms with van der Waals surface area (Å²) in [6.07, 6.45) is 12.3. The zero-order chi connectivity index (χ0) is 21.7. The van der Waals surface area contributed by atoms with Crippen LogP contribution in [-0.2, 0) is 23.8 Å². The van der Waals surface area contributed by atoms with Crippen LogP contribution in [-0.4, -0.2) is 38.4 Å². The summed E-state index contributed by atoms with van der Waals surface area (Å²) < 4.78 is 15.6. The highest BCUT2D eigenvalue weighted by atomic mass is 16.6. The van der Waals surface area contributed by atoms with Crippen molar-refractivity contribution in [1.82, 2.24) is 0 Å². The smallest absolute Gasteiger partial charge is 0.305 e. The maximum Gasteiger partial charge on any atom is 0.305 e. The van der Waals surface area contributed by atoms with Gasteiger partial charge in [-0.15, -0.1) is 0 Å². The molecule has 0 amide bonds. The Morgan fingerprint density at radius 3 is 1.31 bits per heavy atom. The second kappa shape index (κ2) is 20.2. The zero-order valence-corrected chi connectivity index (χ0v) is 19.5. The molecule has 0 aliphatic rings. The van der Waals surface area contributed by atoms with Crippen molar-refractivity contribution < 1.29 is 23.8 Å². The van der Waals surface area contributed by atoms with Crippen molar-refractivity contribution in [3.8, 4) is 0 Å². The predicted molar refractivity (Wildman–Crippen MR) is 118 cm³/mol. The van der Waals surface area contributed by atoms with E-state index < -0.39 is 0 Å². The van der Waals surface area contributed by atoms with Crippen molar-refractivity contribution in [3.63, 3.8) is 0 Å². The number of unbranched alkanes of at least 4 members (excludes halogenated alkanes) is 6. The number of carbonyl (C=O) groups excluding carboxylic acids is 2. The summed E-state index contributed by atoms with van der Waals surface area (Å²) >= 11 is 0. The SMILES string of the molecule is CC(C)CCCCCCC(=O)OCCOCCOC(=O)CCCCCCC(C)C.